The summed E-state index contributed by atoms with van der Waals surface area (Å²) in [7, 11) is -0.375. The molecule has 0 unspecified atom stereocenters. The van der Waals surface area contributed by atoms with Crippen LogP contribution in [0.1, 0.15) is 27.7 Å². The third kappa shape index (κ3) is 2.07. The van der Waals surface area contributed by atoms with Gasteiger partial charge in [0.05, 0.1) is 11.2 Å². The van der Waals surface area contributed by atoms with Crippen LogP contribution in [0.4, 0.5) is 0 Å². The van der Waals surface area contributed by atoms with Crippen LogP contribution in [0.5, 0.6) is 0 Å². The predicted molar refractivity (Wildman–Crippen MR) is 78.1 cm³/mol. The molecule has 0 N–H and O–H groups in total. The fourth-order valence-electron chi connectivity index (χ4n) is 1.92. The van der Waals surface area contributed by atoms with E-state index in [-0.39, 0.29) is 18.3 Å². The molecule has 2 aromatic heterocycles. The van der Waals surface area contributed by atoms with Gasteiger partial charge in [-0.05, 0) is 33.8 Å². The van der Waals surface area contributed by atoms with Gasteiger partial charge in [-0.25, -0.2) is 9.97 Å². The molecule has 3 heterocycles. The van der Waals surface area contributed by atoms with Gasteiger partial charge in [0.1, 0.15) is 16.3 Å². The highest BCUT2D eigenvalue weighted by Gasteiger charge is 2.52. The monoisotopic (exact) mass is 296 g/mol. The van der Waals surface area contributed by atoms with Crippen LogP contribution in [0, 0.1) is 0 Å². The lowest BCUT2D eigenvalue weighted by atomic mass is 9.88. The minimum atomic E-state index is -0.375. The SMILES string of the molecule is CC1(C)OB(c2cc3c(Cl)ncnc3s2)OC1(C)C. The van der Waals surface area contributed by atoms with Crippen LogP contribution < -0.4 is 4.78 Å². The molecule has 2 aromatic rings. The number of fused-ring (bicyclic) bond motifs is 1. The van der Waals surface area contributed by atoms with E-state index in [1.807, 2.05) is 33.8 Å². The van der Waals surface area contributed by atoms with Crippen LogP contribution in [0.25, 0.3) is 10.2 Å². The van der Waals surface area contributed by atoms with Gasteiger partial charge in [-0.1, -0.05) is 11.6 Å². The summed E-state index contributed by atoms with van der Waals surface area (Å²) in [5, 5.41) is 1.31. The fraction of sp³-hybridized carbons (Fsp3) is 0.500. The standard InChI is InChI=1S/C12H14BClN2O2S/c1-11(2)12(3,4)18-13(17-11)8-5-7-9(14)15-6-16-10(7)19-8/h5-6H,1-4H3. The first kappa shape index (κ1) is 13.3. The highest BCUT2D eigenvalue weighted by atomic mass is 35.5. The summed E-state index contributed by atoms with van der Waals surface area (Å²) >= 11 is 7.59. The molecule has 0 atom stereocenters. The maximum Gasteiger partial charge on any atom is 0.505 e. The number of aromatic nitrogens is 2. The third-order valence-electron chi connectivity index (χ3n) is 3.79. The highest BCUT2D eigenvalue weighted by molar-refractivity contribution is 7.27. The van der Waals surface area contributed by atoms with E-state index in [9.17, 15) is 0 Å². The summed E-state index contributed by atoms with van der Waals surface area (Å²) in [5.41, 5.74) is -0.688. The van der Waals surface area contributed by atoms with Crippen molar-refractivity contribution in [3.8, 4) is 0 Å². The van der Waals surface area contributed by atoms with Crippen LogP contribution in [0.15, 0.2) is 12.4 Å². The summed E-state index contributed by atoms with van der Waals surface area (Å²) < 4.78 is 13.0. The van der Waals surface area contributed by atoms with E-state index in [1.165, 1.54) is 17.7 Å². The molecule has 100 valence electrons. The zero-order valence-electron chi connectivity index (χ0n) is 11.2. The van der Waals surface area contributed by atoms with Crippen molar-refractivity contribution in [3.05, 3.63) is 17.5 Å². The smallest absolute Gasteiger partial charge is 0.399 e. The third-order valence-corrected chi connectivity index (χ3v) is 5.15. The number of thiophene rings is 1. The number of hydrogen-bond donors (Lipinski definition) is 0. The zero-order valence-corrected chi connectivity index (χ0v) is 12.8. The van der Waals surface area contributed by atoms with Gasteiger partial charge in [-0.2, -0.15) is 0 Å². The molecule has 0 amide bonds. The van der Waals surface area contributed by atoms with Gasteiger partial charge < -0.3 is 9.31 Å². The molecule has 7 heteroatoms. The average Bonchev–Trinajstić information content (AvgIpc) is 2.80. The summed E-state index contributed by atoms with van der Waals surface area (Å²) in [6.45, 7) is 8.14. The van der Waals surface area contributed by atoms with Gasteiger partial charge in [0.15, 0.2) is 0 Å². The molecule has 0 saturated carbocycles. The molecular formula is C12H14BClN2O2S. The van der Waals surface area contributed by atoms with E-state index in [2.05, 4.69) is 9.97 Å². The lowest BCUT2D eigenvalue weighted by Gasteiger charge is -2.32. The Morgan fingerprint density at radius 3 is 2.37 bits per heavy atom. The van der Waals surface area contributed by atoms with Crippen molar-refractivity contribution in [1.29, 1.82) is 0 Å². The van der Waals surface area contributed by atoms with E-state index >= 15 is 0 Å². The van der Waals surface area contributed by atoms with Gasteiger partial charge in [0.25, 0.3) is 0 Å². The second-order valence-corrected chi connectivity index (χ2v) is 7.04. The van der Waals surface area contributed by atoms with Crippen LogP contribution in [-0.4, -0.2) is 28.3 Å². The average molecular weight is 297 g/mol. The molecule has 1 saturated heterocycles. The Morgan fingerprint density at radius 1 is 1.16 bits per heavy atom. The first-order chi connectivity index (χ1) is 8.80. The molecule has 1 aliphatic heterocycles. The number of hydrogen-bond acceptors (Lipinski definition) is 5. The first-order valence-corrected chi connectivity index (χ1v) is 7.25. The Bertz CT molecular complexity index is 628. The Morgan fingerprint density at radius 2 is 1.79 bits per heavy atom. The molecule has 1 fully saturated rings. The Kier molecular flexibility index (Phi) is 2.91. The summed E-state index contributed by atoms with van der Waals surface area (Å²) in [5.74, 6) is 0. The first-order valence-electron chi connectivity index (χ1n) is 6.06. The molecule has 0 aliphatic carbocycles. The second kappa shape index (κ2) is 4.15. The predicted octanol–water partition coefficient (Wildman–Crippen LogP) is 2.64. The maximum atomic E-state index is 6.06. The van der Waals surface area contributed by atoms with Gasteiger partial charge in [-0.3, -0.25) is 0 Å². The summed E-state index contributed by atoms with van der Waals surface area (Å²) in [6.07, 6.45) is 1.47. The highest BCUT2D eigenvalue weighted by Crippen LogP contribution is 2.37. The van der Waals surface area contributed by atoms with Crippen LogP contribution in [-0.2, 0) is 9.31 Å². The van der Waals surface area contributed by atoms with Gasteiger partial charge in [0.2, 0.25) is 0 Å². The topological polar surface area (TPSA) is 44.2 Å². The van der Waals surface area contributed by atoms with Gasteiger partial charge in [-0.15, -0.1) is 11.3 Å². The van der Waals surface area contributed by atoms with Gasteiger partial charge >= 0.3 is 7.12 Å². The summed E-state index contributed by atoms with van der Waals surface area (Å²) in [6, 6.07) is 1.95. The van der Waals surface area contributed by atoms with Crippen LogP contribution in [0.2, 0.25) is 5.15 Å². The Balaban J connectivity index is 2.01. The molecule has 0 spiro atoms. The van der Waals surface area contributed by atoms with Gasteiger partial charge in [0, 0.05) is 10.2 Å². The molecule has 0 aromatic carbocycles. The molecule has 1 aliphatic rings. The molecule has 0 radical (unpaired) electrons. The quantitative estimate of drug-likeness (QED) is 0.599. The van der Waals surface area contributed by atoms with E-state index in [0.717, 1.165) is 15.0 Å². The van der Waals surface area contributed by atoms with E-state index in [4.69, 9.17) is 20.9 Å². The van der Waals surface area contributed by atoms with E-state index in [0.29, 0.717) is 5.15 Å². The van der Waals surface area contributed by atoms with E-state index in [1.54, 1.807) is 0 Å². The fourth-order valence-corrected chi connectivity index (χ4v) is 3.12. The largest absolute Gasteiger partial charge is 0.505 e. The van der Waals surface area contributed by atoms with Crippen molar-refractivity contribution in [2.24, 2.45) is 0 Å². The van der Waals surface area contributed by atoms with Crippen LogP contribution in [0.3, 0.4) is 0 Å². The minimum Gasteiger partial charge on any atom is -0.399 e. The van der Waals surface area contributed by atoms with Crippen molar-refractivity contribution >= 4 is 45.0 Å². The van der Waals surface area contributed by atoms with Crippen molar-refractivity contribution in [1.82, 2.24) is 9.97 Å². The van der Waals surface area contributed by atoms with Crippen molar-refractivity contribution in [3.63, 3.8) is 0 Å². The minimum absolute atomic E-state index is 0.344. The Labute approximate surface area is 121 Å². The molecule has 19 heavy (non-hydrogen) atoms. The molecule has 0 bridgehead atoms. The normalized spacial score (nSPS) is 21.2. The van der Waals surface area contributed by atoms with Crippen LogP contribution >= 0.6 is 22.9 Å². The second-order valence-electron chi connectivity index (χ2n) is 5.62. The number of rotatable bonds is 1. The zero-order chi connectivity index (χ0) is 13.8. The number of halogens is 1. The van der Waals surface area contributed by atoms with Crippen molar-refractivity contribution < 1.29 is 9.31 Å². The Hall–Kier alpha value is -0.685. The van der Waals surface area contributed by atoms with E-state index < -0.39 is 0 Å². The lowest BCUT2D eigenvalue weighted by molar-refractivity contribution is 0.00578. The molecular weight excluding hydrogens is 282 g/mol. The molecule has 3 rings (SSSR count). The molecule has 4 nitrogen and oxygen atoms in total. The van der Waals surface area contributed by atoms with Crippen molar-refractivity contribution in [2.45, 2.75) is 38.9 Å². The number of nitrogens with zero attached hydrogens (tertiary/aromatic N) is 2. The summed E-state index contributed by atoms with van der Waals surface area (Å²) in [4.78, 5) is 9.05. The maximum absolute atomic E-state index is 6.06. The van der Waals surface area contributed by atoms with Crippen molar-refractivity contribution in [2.75, 3.05) is 0 Å². The lowest BCUT2D eigenvalue weighted by Crippen LogP contribution is -2.41.